The summed E-state index contributed by atoms with van der Waals surface area (Å²) in [6.07, 6.45) is 10.7. The molecule has 5 rings (SSSR count). The van der Waals surface area contributed by atoms with Crippen molar-refractivity contribution in [3.63, 3.8) is 0 Å². The first-order chi connectivity index (χ1) is 8.38. The van der Waals surface area contributed by atoms with Crippen molar-refractivity contribution in [2.24, 2.45) is 29.6 Å². The molecule has 1 N–H and O–H groups in total. The summed E-state index contributed by atoms with van der Waals surface area (Å²) >= 11 is 0. The van der Waals surface area contributed by atoms with Crippen molar-refractivity contribution in [3.8, 4) is 0 Å². The van der Waals surface area contributed by atoms with Gasteiger partial charge in [0.05, 0.1) is 0 Å². The van der Waals surface area contributed by atoms with Crippen molar-refractivity contribution in [1.29, 1.82) is 0 Å². The normalized spacial score (nSPS) is 46.3. The average molecular weight is 271 g/mol. The second-order valence-electron chi connectivity index (χ2n) is 7.15. The van der Waals surface area contributed by atoms with E-state index in [-0.39, 0.29) is 12.4 Å². The van der Waals surface area contributed by atoms with Crippen molar-refractivity contribution in [3.05, 3.63) is 0 Å². The first-order valence-corrected chi connectivity index (χ1v) is 7.87. The standard InChI is InChI=1S/C15H26N2.ClH/c1-2-4-17(3-1)16-10-15-13-6-11-5-12(8-13)9-14(15)7-11;/h11-16H,1-10H2;1H. The van der Waals surface area contributed by atoms with Crippen molar-refractivity contribution in [2.75, 3.05) is 19.6 Å². The molecule has 0 unspecified atom stereocenters. The summed E-state index contributed by atoms with van der Waals surface area (Å²) in [5.41, 5.74) is 3.74. The lowest BCUT2D eigenvalue weighted by Gasteiger charge is -2.54. The van der Waals surface area contributed by atoms with Gasteiger partial charge in [-0.25, -0.2) is 5.01 Å². The van der Waals surface area contributed by atoms with E-state index < -0.39 is 0 Å². The fourth-order valence-corrected chi connectivity index (χ4v) is 5.48. The zero-order valence-corrected chi connectivity index (χ0v) is 12.1. The highest BCUT2D eigenvalue weighted by Crippen LogP contribution is 2.56. The van der Waals surface area contributed by atoms with Crippen LogP contribution in [-0.4, -0.2) is 24.6 Å². The van der Waals surface area contributed by atoms with E-state index in [2.05, 4.69) is 10.4 Å². The van der Waals surface area contributed by atoms with Crippen LogP contribution in [0.5, 0.6) is 0 Å². The summed E-state index contributed by atoms with van der Waals surface area (Å²) in [6, 6.07) is 0. The molecule has 0 amide bonds. The summed E-state index contributed by atoms with van der Waals surface area (Å²) in [7, 11) is 0. The Balaban J connectivity index is 0.000001000. The Bertz CT molecular complexity index is 260. The average Bonchev–Trinajstić information content (AvgIpc) is 2.80. The van der Waals surface area contributed by atoms with Crippen molar-refractivity contribution < 1.29 is 0 Å². The molecular weight excluding hydrogens is 244 g/mol. The van der Waals surface area contributed by atoms with E-state index in [0.29, 0.717) is 0 Å². The van der Waals surface area contributed by atoms with Crippen LogP contribution >= 0.6 is 12.4 Å². The van der Waals surface area contributed by atoms with Gasteiger partial charge in [-0.2, -0.15) is 0 Å². The lowest BCUT2D eigenvalue weighted by molar-refractivity contribution is -0.0416. The molecule has 0 radical (unpaired) electrons. The number of hydrogen-bond donors (Lipinski definition) is 1. The third-order valence-electron chi connectivity index (χ3n) is 6.08. The number of hydrogen-bond acceptors (Lipinski definition) is 2. The third-order valence-corrected chi connectivity index (χ3v) is 6.08. The van der Waals surface area contributed by atoms with Gasteiger partial charge in [0.2, 0.25) is 0 Å². The molecule has 2 nitrogen and oxygen atoms in total. The number of rotatable bonds is 3. The monoisotopic (exact) mass is 270 g/mol. The van der Waals surface area contributed by atoms with E-state index in [9.17, 15) is 0 Å². The molecule has 18 heavy (non-hydrogen) atoms. The van der Waals surface area contributed by atoms with Crippen LogP contribution in [0.1, 0.15) is 44.9 Å². The van der Waals surface area contributed by atoms with Crippen LogP contribution in [0.15, 0.2) is 0 Å². The highest BCUT2D eigenvalue weighted by molar-refractivity contribution is 5.85. The summed E-state index contributed by atoms with van der Waals surface area (Å²) < 4.78 is 0. The van der Waals surface area contributed by atoms with Gasteiger partial charge in [0.25, 0.3) is 0 Å². The van der Waals surface area contributed by atoms with Gasteiger partial charge in [0.1, 0.15) is 0 Å². The fourth-order valence-electron chi connectivity index (χ4n) is 5.48. The molecule has 5 fully saturated rings. The van der Waals surface area contributed by atoms with Gasteiger partial charge >= 0.3 is 0 Å². The Morgan fingerprint density at radius 2 is 1.39 bits per heavy atom. The molecular formula is C15H27ClN2. The topological polar surface area (TPSA) is 15.3 Å². The van der Waals surface area contributed by atoms with E-state index in [0.717, 1.165) is 29.6 Å². The molecule has 3 heteroatoms. The van der Waals surface area contributed by atoms with Gasteiger partial charge in [0.15, 0.2) is 0 Å². The van der Waals surface area contributed by atoms with E-state index in [1.165, 1.54) is 32.5 Å². The molecule has 0 aromatic heterocycles. The minimum Gasteiger partial charge on any atom is -0.255 e. The Labute approximate surface area is 117 Å². The molecule has 4 aliphatic carbocycles. The van der Waals surface area contributed by atoms with E-state index in [1.807, 2.05) is 0 Å². The zero-order valence-electron chi connectivity index (χ0n) is 11.3. The van der Waals surface area contributed by atoms with Gasteiger partial charge < -0.3 is 0 Å². The van der Waals surface area contributed by atoms with Crippen molar-refractivity contribution in [2.45, 2.75) is 44.9 Å². The fraction of sp³-hybridized carbons (Fsp3) is 1.00. The second kappa shape index (κ2) is 5.30. The molecule has 1 heterocycles. The maximum absolute atomic E-state index is 3.74. The molecule has 4 saturated carbocycles. The number of nitrogens with zero attached hydrogens (tertiary/aromatic N) is 1. The lowest BCUT2D eigenvalue weighted by Crippen LogP contribution is -2.50. The molecule has 4 bridgehead atoms. The molecule has 0 aromatic rings. The first kappa shape index (κ1) is 13.2. The summed E-state index contributed by atoms with van der Waals surface area (Å²) in [4.78, 5) is 0. The molecule has 5 aliphatic rings. The van der Waals surface area contributed by atoms with Gasteiger partial charge in [-0.05, 0) is 74.5 Å². The van der Waals surface area contributed by atoms with Crippen molar-refractivity contribution >= 4 is 12.4 Å². The largest absolute Gasteiger partial charge is 0.255 e. The highest BCUT2D eigenvalue weighted by Gasteiger charge is 2.47. The molecule has 0 atom stereocenters. The second-order valence-corrected chi connectivity index (χ2v) is 7.15. The van der Waals surface area contributed by atoms with Gasteiger partial charge in [0, 0.05) is 19.6 Å². The highest BCUT2D eigenvalue weighted by atomic mass is 35.5. The van der Waals surface area contributed by atoms with E-state index >= 15 is 0 Å². The minimum atomic E-state index is 0. The van der Waals surface area contributed by atoms with Gasteiger partial charge in [-0.1, -0.05) is 0 Å². The Morgan fingerprint density at radius 1 is 0.833 bits per heavy atom. The van der Waals surface area contributed by atoms with Crippen LogP contribution in [0.2, 0.25) is 0 Å². The maximum atomic E-state index is 3.74. The van der Waals surface area contributed by atoms with Crippen LogP contribution in [0.3, 0.4) is 0 Å². The number of hydrazine groups is 1. The maximum Gasteiger partial charge on any atom is 0.0136 e. The Kier molecular flexibility index (Phi) is 3.89. The smallest absolute Gasteiger partial charge is 0.0136 e. The van der Waals surface area contributed by atoms with Crippen LogP contribution in [0.4, 0.5) is 0 Å². The number of nitrogens with one attached hydrogen (secondary N) is 1. The predicted molar refractivity (Wildman–Crippen MR) is 76.6 cm³/mol. The molecule has 0 spiro atoms. The van der Waals surface area contributed by atoms with Crippen molar-refractivity contribution in [1.82, 2.24) is 10.4 Å². The van der Waals surface area contributed by atoms with Crippen LogP contribution < -0.4 is 5.43 Å². The summed E-state index contributed by atoms with van der Waals surface area (Å²) in [6.45, 7) is 3.86. The predicted octanol–water partition coefficient (Wildman–Crippen LogP) is 3.08. The summed E-state index contributed by atoms with van der Waals surface area (Å²) in [5, 5.41) is 2.48. The molecule has 0 aromatic carbocycles. The van der Waals surface area contributed by atoms with Gasteiger partial charge in [-0.15, -0.1) is 12.4 Å². The molecule has 1 aliphatic heterocycles. The molecule has 104 valence electrons. The van der Waals surface area contributed by atoms with Crippen LogP contribution in [0.25, 0.3) is 0 Å². The quantitative estimate of drug-likeness (QED) is 0.848. The lowest BCUT2D eigenvalue weighted by atomic mass is 9.52. The van der Waals surface area contributed by atoms with Gasteiger partial charge in [-0.3, -0.25) is 5.43 Å². The van der Waals surface area contributed by atoms with Crippen LogP contribution in [0, 0.1) is 29.6 Å². The third kappa shape index (κ3) is 2.32. The van der Waals surface area contributed by atoms with E-state index in [4.69, 9.17) is 0 Å². The SMILES string of the molecule is C1CCN(NCC2C3CC4CC(C3)CC2C4)C1.Cl. The first-order valence-electron chi connectivity index (χ1n) is 7.87. The summed E-state index contributed by atoms with van der Waals surface area (Å²) in [5.74, 6) is 5.44. The van der Waals surface area contributed by atoms with Crippen LogP contribution in [-0.2, 0) is 0 Å². The zero-order chi connectivity index (χ0) is 11.2. The molecule has 1 saturated heterocycles. The van der Waals surface area contributed by atoms with E-state index in [1.54, 1.807) is 32.1 Å². The minimum absolute atomic E-state index is 0. The Hall–Kier alpha value is 0.210. The number of halogens is 1. The Morgan fingerprint density at radius 3 is 1.94 bits per heavy atom.